The fourth-order valence-corrected chi connectivity index (χ4v) is 2.73. The van der Waals surface area contributed by atoms with E-state index < -0.39 is 5.51 Å². The molecule has 0 amide bonds. The fourth-order valence-electron chi connectivity index (χ4n) is 2.15. The minimum absolute atomic E-state index is 0.0469. The quantitative estimate of drug-likeness (QED) is 0.238. The molecule has 0 rings (SSSR count). The number of hydrogen-bond acceptors (Lipinski definition) is 4. The predicted octanol–water partition coefficient (Wildman–Crippen LogP) is 5.78. The molecule has 0 saturated heterocycles. The van der Waals surface area contributed by atoms with Crippen LogP contribution in [0.3, 0.4) is 0 Å². The summed E-state index contributed by atoms with van der Waals surface area (Å²) in [6.45, 7) is 4.11. The highest BCUT2D eigenvalue weighted by molar-refractivity contribution is 8.00. The molecule has 24 heavy (non-hydrogen) atoms. The van der Waals surface area contributed by atoms with Crippen molar-refractivity contribution in [2.75, 3.05) is 32.7 Å². The lowest BCUT2D eigenvalue weighted by Crippen LogP contribution is -2.15. The molecule has 0 spiro atoms. The van der Waals surface area contributed by atoms with Crippen LogP contribution in [0.4, 0.5) is 13.2 Å². The van der Waals surface area contributed by atoms with E-state index in [4.69, 9.17) is 14.2 Å². The molecule has 0 aliphatic rings. The van der Waals surface area contributed by atoms with Gasteiger partial charge in [-0.1, -0.05) is 44.4 Å². The van der Waals surface area contributed by atoms with E-state index in [0.29, 0.717) is 26.1 Å². The molecule has 0 aromatic heterocycles. The lowest BCUT2D eigenvalue weighted by Gasteiger charge is -2.15. The van der Waals surface area contributed by atoms with Crippen LogP contribution < -0.4 is 0 Å². The standard InChI is InChI=1S/C17H33F3O3S/c1-3-11-16(21-2)23-14-8-6-4-5-7-12-22-13-9-10-15-24-17(18,19)20/h16H,3-15H2,1-2H3. The molecule has 1 atom stereocenters. The van der Waals surface area contributed by atoms with Crippen molar-refractivity contribution in [3.05, 3.63) is 0 Å². The van der Waals surface area contributed by atoms with Gasteiger partial charge in [-0.05, 0) is 32.1 Å². The zero-order valence-electron chi connectivity index (χ0n) is 15.0. The van der Waals surface area contributed by atoms with Crippen molar-refractivity contribution in [2.24, 2.45) is 0 Å². The molecule has 0 aliphatic heterocycles. The van der Waals surface area contributed by atoms with Gasteiger partial charge in [0, 0.05) is 32.7 Å². The van der Waals surface area contributed by atoms with E-state index in [-0.39, 0.29) is 23.8 Å². The third-order valence-corrected chi connectivity index (χ3v) is 4.29. The fraction of sp³-hybridized carbons (Fsp3) is 1.00. The monoisotopic (exact) mass is 374 g/mol. The molecule has 0 aliphatic carbocycles. The minimum Gasteiger partial charge on any atom is -0.381 e. The van der Waals surface area contributed by atoms with Gasteiger partial charge in [-0.3, -0.25) is 0 Å². The minimum atomic E-state index is -4.10. The van der Waals surface area contributed by atoms with Crippen LogP contribution >= 0.6 is 11.8 Å². The third-order valence-electron chi connectivity index (χ3n) is 3.47. The molecule has 146 valence electrons. The van der Waals surface area contributed by atoms with Crippen molar-refractivity contribution < 1.29 is 27.4 Å². The normalized spacial score (nSPS) is 13.4. The van der Waals surface area contributed by atoms with Gasteiger partial charge in [-0.2, -0.15) is 13.2 Å². The van der Waals surface area contributed by atoms with Crippen molar-refractivity contribution in [1.82, 2.24) is 0 Å². The van der Waals surface area contributed by atoms with Crippen LogP contribution in [-0.4, -0.2) is 44.5 Å². The lowest BCUT2D eigenvalue weighted by atomic mass is 10.1. The molecule has 0 radical (unpaired) electrons. The SMILES string of the molecule is CCCC(OC)OCCCCCCCOCCCCSC(F)(F)F. The summed E-state index contributed by atoms with van der Waals surface area (Å²) < 4.78 is 52.0. The number of alkyl halides is 3. The van der Waals surface area contributed by atoms with Crippen molar-refractivity contribution in [3.8, 4) is 0 Å². The Balaban J connectivity index is 3.15. The molecule has 7 heteroatoms. The van der Waals surface area contributed by atoms with Crippen LogP contribution in [0.5, 0.6) is 0 Å². The van der Waals surface area contributed by atoms with Crippen molar-refractivity contribution in [1.29, 1.82) is 0 Å². The summed E-state index contributed by atoms with van der Waals surface area (Å²) in [5.74, 6) is 0.122. The maximum absolute atomic E-state index is 11.9. The number of ether oxygens (including phenoxy) is 3. The lowest BCUT2D eigenvalue weighted by molar-refractivity contribution is -0.128. The van der Waals surface area contributed by atoms with E-state index in [1.165, 1.54) is 0 Å². The maximum Gasteiger partial charge on any atom is 0.441 e. The smallest absolute Gasteiger partial charge is 0.381 e. The molecule has 0 aromatic rings. The highest BCUT2D eigenvalue weighted by Crippen LogP contribution is 2.30. The third kappa shape index (κ3) is 18.4. The summed E-state index contributed by atoms with van der Waals surface area (Å²) in [5, 5.41) is 0. The van der Waals surface area contributed by atoms with Gasteiger partial charge in [0.1, 0.15) is 0 Å². The van der Waals surface area contributed by atoms with Gasteiger partial charge in [-0.15, -0.1) is 0 Å². The number of unbranched alkanes of at least 4 members (excludes halogenated alkanes) is 5. The highest BCUT2D eigenvalue weighted by Gasteiger charge is 2.27. The highest BCUT2D eigenvalue weighted by atomic mass is 32.2. The summed E-state index contributed by atoms with van der Waals surface area (Å²) in [5.41, 5.74) is -4.10. The van der Waals surface area contributed by atoms with E-state index in [0.717, 1.165) is 51.6 Å². The van der Waals surface area contributed by atoms with Gasteiger partial charge in [0.2, 0.25) is 0 Å². The first kappa shape index (κ1) is 24.0. The molecule has 0 N–H and O–H groups in total. The Morgan fingerprint density at radius 2 is 1.46 bits per heavy atom. The van der Waals surface area contributed by atoms with Crippen LogP contribution in [0.25, 0.3) is 0 Å². The second-order valence-electron chi connectivity index (χ2n) is 5.71. The van der Waals surface area contributed by atoms with Crippen molar-refractivity contribution in [3.63, 3.8) is 0 Å². The molecule has 0 saturated carbocycles. The van der Waals surface area contributed by atoms with Crippen LogP contribution in [0.15, 0.2) is 0 Å². The Bertz CT molecular complexity index is 266. The van der Waals surface area contributed by atoms with E-state index in [2.05, 4.69) is 6.92 Å². The number of halogens is 3. The summed E-state index contributed by atoms with van der Waals surface area (Å²) in [4.78, 5) is 0. The first-order valence-corrected chi connectivity index (χ1v) is 9.91. The number of rotatable bonds is 17. The van der Waals surface area contributed by atoms with Gasteiger partial charge >= 0.3 is 5.51 Å². The number of methoxy groups -OCH3 is 1. The maximum atomic E-state index is 11.9. The van der Waals surface area contributed by atoms with Crippen LogP contribution in [0.1, 0.15) is 64.7 Å². The molecule has 0 aromatic carbocycles. The first-order chi connectivity index (χ1) is 11.5. The van der Waals surface area contributed by atoms with E-state index >= 15 is 0 Å². The van der Waals surface area contributed by atoms with Gasteiger partial charge in [0.15, 0.2) is 6.29 Å². The molecule has 1 unspecified atom stereocenters. The summed E-state index contributed by atoms with van der Waals surface area (Å²) in [6.07, 6.45) is 8.62. The first-order valence-electron chi connectivity index (χ1n) is 8.92. The zero-order chi connectivity index (χ0) is 18.1. The average Bonchev–Trinajstić information content (AvgIpc) is 2.53. The van der Waals surface area contributed by atoms with E-state index in [9.17, 15) is 13.2 Å². The van der Waals surface area contributed by atoms with Crippen molar-refractivity contribution in [2.45, 2.75) is 76.5 Å². The molecule has 0 fully saturated rings. The average molecular weight is 375 g/mol. The predicted molar refractivity (Wildman–Crippen MR) is 93.3 cm³/mol. The molecule has 3 nitrogen and oxygen atoms in total. The molecular formula is C17H33F3O3S. The van der Waals surface area contributed by atoms with Crippen LogP contribution in [0, 0.1) is 0 Å². The Morgan fingerprint density at radius 1 is 0.875 bits per heavy atom. The van der Waals surface area contributed by atoms with Gasteiger partial charge in [-0.25, -0.2) is 0 Å². The number of hydrogen-bond donors (Lipinski definition) is 0. The Morgan fingerprint density at radius 3 is 2.04 bits per heavy atom. The number of thioether (sulfide) groups is 1. The summed E-state index contributed by atoms with van der Waals surface area (Å²) >= 11 is 0.0469. The van der Waals surface area contributed by atoms with Crippen molar-refractivity contribution >= 4 is 11.8 Å². The van der Waals surface area contributed by atoms with E-state index in [1.54, 1.807) is 7.11 Å². The Labute approximate surface area is 149 Å². The van der Waals surface area contributed by atoms with E-state index in [1.807, 2.05) is 0 Å². The van der Waals surface area contributed by atoms with Gasteiger partial charge in [0.25, 0.3) is 0 Å². The second kappa shape index (κ2) is 16.5. The largest absolute Gasteiger partial charge is 0.441 e. The van der Waals surface area contributed by atoms with Gasteiger partial charge < -0.3 is 14.2 Å². The van der Waals surface area contributed by atoms with Crippen LogP contribution in [0.2, 0.25) is 0 Å². The molecule has 0 bridgehead atoms. The summed E-state index contributed by atoms with van der Waals surface area (Å²) in [7, 11) is 1.68. The molecule has 0 heterocycles. The Hall–Kier alpha value is 0.0200. The Kier molecular flexibility index (Phi) is 16.5. The zero-order valence-corrected chi connectivity index (χ0v) is 15.9. The topological polar surface area (TPSA) is 27.7 Å². The second-order valence-corrected chi connectivity index (χ2v) is 6.87. The molecular weight excluding hydrogens is 341 g/mol. The van der Waals surface area contributed by atoms with Crippen LogP contribution in [-0.2, 0) is 14.2 Å². The van der Waals surface area contributed by atoms with Gasteiger partial charge in [0.05, 0.1) is 0 Å². The summed E-state index contributed by atoms with van der Waals surface area (Å²) in [6, 6.07) is 0.